The van der Waals surface area contributed by atoms with Crippen molar-refractivity contribution < 1.29 is 13.2 Å². The number of nitrogens with one attached hydrogen (secondary N) is 1. The molecule has 176 valence electrons. The van der Waals surface area contributed by atoms with Crippen molar-refractivity contribution in [1.82, 2.24) is 24.4 Å². The number of carbonyl (C=O) groups is 1. The van der Waals surface area contributed by atoms with Gasteiger partial charge in [0.25, 0.3) is 10.0 Å². The topological polar surface area (TPSA) is 97.2 Å². The molecule has 3 heterocycles. The lowest BCUT2D eigenvalue weighted by atomic mass is 9.99. The standard InChI is InChI=1S/C21H31N5O3S3/c1-30-21-24-23-18(26(21)17-8-2-3-9-17)10-4-12-22-20(27)16-7-5-13-25(15-16)32(28,29)19-11-6-14-31-19/h6,11,14,16-17H,2-5,7-10,12-13,15H2,1H3,(H,22,27). The minimum Gasteiger partial charge on any atom is -0.356 e. The molecular formula is C21H31N5O3S3. The van der Waals surface area contributed by atoms with Gasteiger partial charge < -0.3 is 9.88 Å². The van der Waals surface area contributed by atoms with Gasteiger partial charge in [-0.15, -0.1) is 21.5 Å². The van der Waals surface area contributed by atoms with E-state index in [1.807, 2.05) is 6.26 Å². The van der Waals surface area contributed by atoms with Crippen molar-refractivity contribution >= 4 is 39.0 Å². The summed E-state index contributed by atoms with van der Waals surface area (Å²) in [6, 6.07) is 3.85. The summed E-state index contributed by atoms with van der Waals surface area (Å²) in [5.41, 5.74) is 0. The predicted molar refractivity (Wildman–Crippen MR) is 126 cm³/mol. The first kappa shape index (κ1) is 23.7. The van der Waals surface area contributed by atoms with Crippen molar-refractivity contribution in [2.24, 2.45) is 5.92 Å². The van der Waals surface area contributed by atoms with E-state index < -0.39 is 10.0 Å². The van der Waals surface area contributed by atoms with Crippen molar-refractivity contribution in [3.8, 4) is 0 Å². The molecule has 2 fully saturated rings. The van der Waals surface area contributed by atoms with Gasteiger partial charge in [0.05, 0.1) is 5.92 Å². The van der Waals surface area contributed by atoms with Crippen molar-refractivity contribution in [3.05, 3.63) is 23.3 Å². The van der Waals surface area contributed by atoms with Crippen molar-refractivity contribution in [2.75, 3.05) is 25.9 Å². The largest absolute Gasteiger partial charge is 0.356 e. The third-order valence-electron chi connectivity index (χ3n) is 6.33. The van der Waals surface area contributed by atoms with E-state index in [4.69, 9.17) is 0 Å². The number of thiophene rings is 1. The Morgan fingerprint density at radius 3 is 2.78 bits per heavy atom. The van der Waals surface area contributed by atoms with Gasteiger partial charge in [-0.05, 0) is 49.8 Å². The van der Waals surface area contributed by atoms with Crippen molar-refractivity contribution in [1.29, 1.82) is 0 Å². The lowest BCUT2D eigenvalue weighted by Crippen LogP contribution is -2.45. The lowest BCUT2D eigenvalue weighted by molar-refractivity contribution is -0.126. The number of rotatable bonds is 9. The molecular weight excluding hydrogens is 466 g/mol. The van der Waals surface area contributed by atoms with Crippen LogP contribution in [-0.2, 0) is 21.2 Å². The van der Waals surface area contributed by atoms with Gasteiger partial charge in [0.15, 0.2) is 5.16 Å². The van der Waals surface area contributed by atoms with Crippen LogP contribution in [0.3, 0.4) is 0 Å². The molecule has 1 unspecified atom stereocenters. The lowest BCUT2D eigenvalue weighted by Gasteiger charge is -2.30. The van der Waals surface area contributed by atoms with Gasteiger partial charge in [0, 0.05) is 32.1 Å². The number of carbonyl (C=O) groups excluding carboxylic acids is 1. The third-order valence-corrected chi connectivity index (χ3v) is 10.2. The molecule has 1 amide bonds. The molecule has 1 saturated heterocycles. The predicted octanol–water partition coefficient (Wildman–Crippen LogP) is 3.33. The summed E-state index contributed by atoms with van der Waals surface area (Å²) in [6.45, 7) is 1.27. The molecule has 0 spiro atoms. The van der Waals surface area contributed by atoms with Gasteiger partial charge in [0.1, 0.15) is 10.0 Å². The Labute approximate surface area is 198 Å². The second kappa shape index (κ2) is 10.7. The Kier molecular flexibility index (Phi) is 7.91. The molecule has 1 atom stereocenters. The maximum atomic E-state index is 12.8. The van der Waals surface area contributed by atoms with E-state index in [0.29, 0.717) is 29.8 Å². The van der Waals surface area contributed by atoms with Crippen molar-refractivity contribution in [2.45, 2.75) is 66.8 Å². The Morgan fingerprint density at radius 1 is 1.25 bits per heavy atom. The summed E-state index contributed by atoms with van der Waals surface area (Å²) >= 11 is 2.85. The molecule has 0 aromatic carbocycles. The Balaban J connectivity index is 1.28. The number of amides is 1. The van der Waals surface area contributed by atoms with Gasteiger partial charge in [-0.25, -0.2) is 8.42 Å². The smallest absolute Gasteiger partial charge is 0.252 e. The molecule has 2 aromatic rings. The van der Waals surface area contributed by atoms with E-state index in [-0.39, 0.29) is 18.4 Å². The van der Waals surface area contributed by atoms with E-state index in [0.717, 1.165) is 30.2 Å². The highest BCUT2D eigenvalue weighted by Crippen LogP contribution is 2.33. The van der Waals surface area contributed by atoms with Crippen LogP contribution in [0.25, 0.3) is 0 Å². The third kappa shape index (κ3) is 5.21. The van der Waals surface area contributed by atoms with Crippen LogP contribution in [0.1, 0.15) is 56.8 Å². The van der Waals surface area contributed by atoms with E-state index in [2.05, 4.69) is 20.1 Å². The Bertz CT molecular complexity index is 1000. The van der Waals surface area contributed by atoms with Crippen LogP contribution >= 0.6 is 23.1 Å². The van der Waals surface area contributed by atoms with Crippen LogP contribution in [0, 0.1) is 5.92 Å². The quantitative estimate of drug-likeness (QED) is 0.422. The highest BCUT2D eigenvalue weighted by molar-refractivity contribution is 7.98. The minimum atomic E-state index is -3.51. The van der Waals surface area contributed by atoms with Crippen molar-refractivity contribution in [3.63, 3.8) is 0 Å². The number of nitrogens with zero attached hydrogens (tertiary/aromatic N) is 4. The second-order valence-electron chi connectivity index (χ2n) is 8.44. The Morgan fingerprint density at radius 2 is 2.06 bits per heavy atom. The van der Waals surface area contributed by atoms with Gasteiger partial charge in [-0.2, -0.15) is 4.31 Å². The average Bonchev–Trinajstić information content (AvgIpc) is 3.57. The second-order valence-corrected chi connectivity index (χ2v) is 12.3. The monoisotopic (exact) mass is 497 g/mol. The number of hydrogen-bond acceptors (Lipinski definition) is 7. The normalized spacial score (nSPS) is 20.6. The highest BCUT2D eigenvalue weighted by atomic mass is 32.2. The van der Waals surface area contributed by atoms with Crippen LogP contribution in [0.4, 0.5) is 0 Å². The van der Waals surface area contributed by atoms with E-state index in [1.165, 1.54) is 41.3 Å². The van der Waals surface area contributed by atoms with E-state index in [9.17, 15) is 13.2 Å². The summed E-state index contributed by atoms with van der Waals surface area (Å²) in [5.74, 6) is 0.642. The first-order chi connectivity index (χ1) is 15.5. The van der Waals surface area contributed by atoms with Gasteiger partial charge >= 0.3 is 0 Å². The molecule has 4 rings (SSSR count). The average molecular weight is 498 g/mol. The molecule has 2 aliphatic rings. The SMILES string of the molecule is CSc1nnc(CCCNC(=O)C2CCCN(S(=O)(=O)c3cccs3)C2)n1C1CCCC1. The van der Waals surface area contributed by atoms with Crippen LogP contribution in [0.15, 0.2) is 26.9 Å². The summed E-state index contributed by atoms with van der Waals surface area (Å²) in [4.78, 5) is 12.7. The zero-order valence-corrected chi connectivity index (χ0v) is 20.9. The molecule has 2 aromatic heterocycles. The van der Waals surface area contributed by atoms with Gasteiger partial charge in [-0.1, -0.05) is 30.7 Å². The number of sulfonamides is 1. The molecule has 1 N–H and O–H groups in total. The highest BCUT2D eigenvalue weighted by Gasteiger charge is 2.33. The molecule has 0 radical (unpaired) electrons. The molecule has 32 heavy (non-hydrogen) atoms. The molecule has 0 bridgehead atoms. The van der Waals surface area contributed by atoms with Crippen LogP contribution in [-0.4, -0.2) is 59.3 Å². The fraction of sp³-hybridized carbons (Fsp3) is 0.667. The molecule has 1 aliphatic carbocycles. The first-order valence-corrected chi connectivity index (χ1v) is 14.8. The summed E-state index contributed by atoms with van der Waals surface area (Å²) in [7, 11) is -3.51. The minimum absolute atomic E-state index is 0.0573. The molecule has 1 aliphatic heterocycles. The maximum absolute atomic E-state index is 12.8. The summed E-state index contributed by atoms with van der Waals surface area (Å²) < 4.78 is 29.7. The number of aromatic nitrogens is 3. The van der Waals surface area contributed by atoms with E-state index in [1.54, 1.807) is 29.3 Å². The maximum Gasteiger partial charge on any atom is 0.252 e. The van der Waals surface area contributed by atoms with Gasteiger partial charge in [0.2, 0.25) is 5.91 Å². The fourth-order valence-corrected chi connectivity index (χ4v) is 7.90. The summed E-state index contributed by atoms with van der Waals surface area (Å²) in [6.07, 6.45) is 9.89. The number of piperidine rings is 1. The molecule has 1 saturated carbocycles. The molecule has 11 heteroatoms. The van der Waals surface area contributed by atoms with Crippen LogP contribution in [0.5, 0.6) is 0 Å². The number of hydrogen-bond donors (Lipinski definition) is 1. The number of thioether (sulfide) groups is 1. The van der Waals surface area contributed by atoms with Gasteiger partial charge in [-0.3, -0.25) is 4.79 Å². The van der Waals surface area contributed by atoms with E-state index >= 15 is 0 Å². The first-order valence-electron chi connectivity index (χ1n) is 11.3. The van der Waals surface area contributed by atoms with Crippen LogP contribution in [0.2, 0.25) is 0 Å². The number of aryl methyl sites for hydroxylation is 1. The van der Waals surface area contributed by atoms with Crippen LogP contribution < -0.4 is 5.32 Å². The fourth-order valence-electron chi connectivity index (χ4n) is 4.66. The zero-order valence-electron chi connectivity index (χ0n) is 18.4. The summed E-state index contributed by atoms with van der Waals surface area (Å²) in [5, 5.41) is 14.5. The molecule has 8 nitrogen and oxygen atoms in total. The Hall–Kier alpha value is -1.43. The zero-order chi connectivity index (χ0) is 22.6.